The first kappa shape index (κ1) is 13.9. The molecule has 2 aromatic carbocycles. The number of nitrogens with one attached hydrogen (secondary N) is 1. The summed E-state index contributed by atoms with van der Waals surface area (Å²) in [6.07, 6.45) is 0. The molecule has 1 unspecified atom stereocenters. The van der Waals surface area contributed by atoms with Crippen LogP contribution in [0.3, 0.4) is 0 Å². The Morgan fingerprint density at radius 2 is 1.68 bits per heavy atom. The Bertz CT molecular complexity index is 512. The van der Waals surface area contributed by atoms with Crippen LogP contribution >= 0.6 is 11.6 Å². The summed E-state index contributed by atoms with van der Waals surface area (Å²) in [7, 11) is 0. The number of alkyl halides is 1. The molecule has 0 aliphatic carbocycles. The second kappa shape index (κ2) is 6.09. The fourth-order valence-electron chi connectivity index (χ4n) is 1.94. The van der Waals surface area contributed by atoms with Crippen LogP contribution in [-0.4, -0.2) is 11.0 Å². The summed E-state index contributed by atoms with van der Waals surface area (Å²) < 4.78 is 0. The van der Waals surface area contributed by atoms with Gasteiger partial charge in [0.15, 0.2) is 0 Å². The molecule has 0 bridgehead atoms. The molecule has 1 atom stereocenters. The summed E-state index contributed by atoms with van der Waals surface area (Å²) in [4.78, 5) is 0. The summed E-state index contributed by atoms with van der Waals surface area (Å²) in [6.45, 7) is 2.80. The SMILES string of the molecule is CC(CCl)(NCc1ccc(O)cc1)c1ccccc1. The monoisotopic (exact) mass is 275 g/mol. The van der Waals surface area contributed by atoms with Gasteiger partial charge in [-0.05, 0) is 30.2 Å². The Balaban J connectivity index is 2.09. The van der Waals surface area contributed by atoms with E-state index in [2.05, 4.69) is 24.4 Å². The molecule has 0 radical (unpaired) electrons. The van der Waals surface area contributed by atoms with Crippen LogP contribution in [0, 0.1) is 0 Å². The van der Waals surface area contributed by atoms with E-state index in [0.717, 1.165) is 5.56 Å². The highest BCUT2D eigenvalue weighted by Gasteiger charge is 2.24. The summed E-state index contributed by atoms with van der Waals surface area (Å²) in [6, 6.07) is 17.4. The highest BCUT2D eigenvalue weighted by molar-refractivity contribution is 6.18. The van der Waals surface area contributed by atoms with E-state index < -0.39 is 0 Å². The minimum absolute atomic E-state index is 0.263. The highest BCUT2D eigenvalue weighted by Crippen LogP contribution is 2.23. The predicted octanol–water partition coefficient (Wildman–Crippen LogP) is 3.64. The predicted molar refractivity (Wildman–Crippen MR) is 79.5 cm³/mol. The van der Waals surface area contributed by atoms with E-state index in [1.165, 1.54) is 5.56 Å². The van der Waals surface area contributed by atoms with E-state index >= 15 is 0 Å². The standard InChI is InChI=1S/C16H18ClNO/c1-16(12-17,14-5-3-2-4-6-14)18-11-13-7-9-15(19)10-8-13/h2-10,18-19H,11-12H2,1H3. The maximum absolute atomic E-state index is 9.27. The van der Waals surface area contributed by atoms with Gasteiger partial charge in [0.2, 0.25) is 0 Å². The number of rotatable bonds is 5. The molecule has 3 heteroatoms. The topological polar surface area (TPSA) is 32.3 Å². The van der Waals surface area contributed by atoms with Crippen LogP contribution in [0.5, 0.6) is 5.75 Å². The van der Waals surface area contributed by atoms with E-state index in [1.54, 1.807) is 12.1 Å². The van der Waals surface area contributed by atoms with Crippen molar-refractivity contribution in [1.29, 1.82) is 0 Å². The lowest BCUT2D eigenvalue weighted by atomic mass is 9.94. The van der Waals surface area contributed by atoms with Gasteiger partial charge in [-0.2, -0.15) is 0 Å². The maximum atomic E-state index is 9.27. The normalized spacial score (nSPS) is 14.0. The van der Waals surface area contributed by atoms with Crippen molar-refractivity contribution >= 4 is 11.6 Å². The van der Waals surface area contributed by atoms with Crippen molar-refractivity contribution in [2.24, 2.45) is 0 Å². The number of aromatic hydroxyl groups is 1. The maximum Gasteiger partial charge on any atom is 0.115 e. The molecule has 0 saturated carbocycles. The summed E-state index contributed by atoms with van der Waals surface area (Å²) in [5, 5.41) is 12.8. The fourth-order valence-corrected chi connectivity index (χ4v) is 2.19. The molecule has 2 N–H and O–H groups in total. The number of phenolic OH excluding ortho intramolecular Hbond substituents is 1. The van der Waals surface area contributed by atoms with Crippen LogP contribution in [0.4, 0.5) is 0 Å². The third-order valence-electron chi connectivity index (χ3n) is 3.30. The fraction of sp³-hybridized carbons (Fsp3) is 0.250. The van der Waals surface area contributed by atoms with Crippen LogP contribution < -0.4 is 5.32 Å². The molecule has 0 spiro atoms. The molecule has 0 amide bonds. The molecule has 0 fully saturated rings. The molecule has 19 heavy (non-hydrogen) atoms. The van der Waals surface area contributed by atoms with E-state index in [4.69, 9.17) is 11.6 Å². The summed E-state index contributed by atoms with van der Waals surface area (Å²) >= 11 is 6.13. The van der Waals surface area contributed by atoms with Gasteiger partial charge in [0.1, 0.15) is 5.75 Å². The van der Waals surface area contributed by atoms with Gasteiger partial charge in [-0.25, -0.2) is 0 Å². The first-order valence-electron chi connectivity index (χ1n) is 6.28. The third kappa shape index (κ3) is 3.49. The Hall–Kier alpha value is -1.51. The van der Waals surface area contributed by atoms with Gasteiger partial charge in [0, 0.05) is 12.4 Å². The molecule has 100 valence electrons. The number of benzene rings is 2. The van der Waals surface area contributed by atoms with Gasteiger partial charge in [0.25, 0.3) is 0 Å². The number of hydrogen-bond donors (Lipinski definition) is 2. The molecule has 2 nitrogen and oxygen atoms in total. The van der Waals surface area contributed by atoms with Crippen LogP contribution in [0.15, 0.2) is 54.6 Å². The molecule has 0 heterocycles. The van der Waals surface area contributed by atoms with E-state index in [9.17, 15) is 5.11 Å². The van der Waals surface area contributed by atoms with E-state index in [1.807, 2.05) is 30.3 Å². The number of phenols is 1. The summed E-state index contributed by atoms with van der Waals surface area (Å²) in [5.74, 6) is 0.779. The zero-order valence-corrected chi connectivity index (χ0v) is 11.7. The molecule has 0 aliphatic rings. The van der Waals surface area contributed by atoms with Crippen molar-refractivity contribution in [2.75, 3.05) is 5.88 Å². The van der Waals surface area contributed by atoms with E-state index in [-0.39, 0.29) is 11.3 Å². The van der Waals surface area contributed by atoms with Crippen LogP contribution in [-0.2, 0) is 12.1 Å². The second-order valence-electron chi connectivity index (χ2n) is 4.85. The van der Waals surface area contributed by atoms with Gasteiger partial charge in [-0.15, -0.1) is 11.6 Å². The van der Waals surface area contributed by atoms with Crippen molar-refractivity contribution in [1.82, 2.24) is 5.32 Å². The molecule has 0 aliphatic heterocycles. The first-order chi connectivity index (χ1) is 9.14. The van der Waals surface area contributed by atoms with Gasteiger partial charge in [-0.1, -0.05) is 42.5 Å². The van der Waals surface area contributed by atoms with Crippen molar-refractivity contribution in [2.45, 2.75) is 19.0 Å². The molecule has 2 rings (SSSR count). The van der Waals surface area contributed by atoms with Gasteiger partial charge in [0.05, 0.1) is 5.54 Å². The number of hydrogen-bond acceptors (Lipinski definition) is 2. The minimum Gasteiger partial charge on any atom is -0.508 e. The lowest BCUT2D eigenvalue weighted by Crippen LogP contribution is -2.40. The van der Waals surface area contributed by atoms with Gasteiger partial charge >= 0.3 is 0 Å². The lowest BCUT2D eigenvalue weighted by Gasteiger charge is -2.29. The zero-order chi connectivity index (χ0) is 13.7. The average molecular weight is 276 g/mol. The van der Waals surface area contributed by atoms with Crippen molar-refractivity contribution in [3.63, 3.8) is 0 Å². The molecule has 0 saturated heterocycles. The molecule has 0 aromatic heterocycles. The number of halogens is 1. The Kier molecular flexibility index (Phi) is 4.46. The summed E-state index contributed by atoms with van der Waals surface area (Å²) in [5.41, 5.74) is 2.02. The van der Waals surface area contributed by atoms with Crippen molar-refractivity contribution < 1.29 is 5.11 Å². The zero-order valence-electron chi connectivity index (χ0n) is 10.9. The Labute approximate surface area is 119 Å². The first-order valence-corrected chi connectivity index (χ1v) is 6.82. The molecule has 2 aromatic rings. The smallest absolute Gasteiger partial charge is 0.115 e. The third-order valence-corrected chi connectivity index (χ3v) is 3.83. The van der Waals surface area contributed by atoms with E-state index in [0.29, 0.717) is 12.4 Å². The lowest BCUT2D eigenvalue weighted by molar-refractivity contribution is 0.406. The van der Waals surface area contributed by atoms with Crippen molar-refractivity contribution in [3.05, 3.63) is 65.7 Å². The molecular weight excluding hydrogens is 258 g/mol. The van der Waals surface area contributed by atoms with Gasteiger partial charge < -0.3 is 10.4 Å². The highest BCUT2D eigenvalue weighted by atomic mass is 35.5. The average Bonchev–Trinajstić information content (AvgIpc) is 2.47. The van der Waals surface area contributed by atoms with Crippen molar-refractivity contribution in [3.8, 4) is 5.75 Å². The van der Waals surface area contributed by atoms with Gasteiger partial charge in [-0.3, -0.25) is 0 Å². The molecular formula is C16H18ClNO. The van der Waals surface area contributed by atoms with Crippen LogP contribution in [0.25, 0.3) is 0 Å². The Morgan fingerprint density at radius 3 is 2.26 bits per heavy atom. The van der Waals surface area contributed by atoms with Crippen LogP contribution in [0.2, 0.25) is 0 Å². The van der Waals surface area contributed by atoms with Crippen LogP contribution in [0.1, 0.15) is 18.1 Å². The largest absolute Gasteiger partial charge is 0.508 e. The Morgan fingerprint density at radius 1 is 1.05 bits per heavy atom. The minimum atomic E-state index is -0.263. The quantitative estimate of drug-likeness (QED) is 0.817. The second-order valence-corrected chi connectivity index (χ2v) is 5.12.